The van der Waals surface area contributed by atoms with Crippen LogP contribution in [0.25, 0.3) is 0 Å². The lowest BCUT2D eigenvalue weighted by Gasteiger charge is -2.25. The van der Waals surface area contributed by atoms with Gasteiger partial charge >= 0.3 is 0 Å². The number of rotatable bonds is 7. The normalized spacial score (nSPS) is 12.6. The van der Waals surface area contributed by atoms with Gasteiger partial charge in [0.15, 0.2) is 0 Å². The molecule has 0 aliphatic rings. The maximum absolute atomic E-state index is 5.59. The van der Waals surface area contributed by atoms with Crippen LogP contribution in [0.4, 0.5) is 0 Å². The minimum absolute atomic E-state index is 0.460. The molecular formula is C14H24N2O2. The Kier molecular flexibility index (Phi) is 5.95. The van der Waals surface area contributed by atoms with Gasteiger partial charge in [0.05, 0.1) is 14.2 Å². The van der Waals surface area contributed by atoms with Crippen LogP contribution in [-0.4, -0.2) is 38.8 Å². The molecule has 1 aromatic carbocycles. The molecule has 0 aliphatic carbocycles. The van der Waals surface area contributed by atoms with Crippen LogP contribution in [0.1, 0.15) is 18.9 Å². The number of nitrogens with zero attached hydrogens (tertiary/aromatic N) is 1. The van der Waals surface area contributed by atoms with Crippen LogP contribution in [0.5, 0.6) is 11.5 Å². The second kappa shape index (κ2) is 7.24. The molecule has 2 N–H and O–H groups in total. The number of ether oxygens (including phenoxy) is 2. The SMILES string of the molecule is COc1ccc(CN(C)C(C)CCN)c(OC)c1. The average molecular weight is 252 g/mol. The molecule has 0 heterocycles. The Morgan fingerprint density at radius 1 is 1.28 bits per heavy atom. The molecular weight excluding hydrogens is 228 g/mol. The highest BCUT2D eigenvalue weighted by molar-refractivity contribution is 5.40. The first-order valence-electron chi connectivity index (χ1n) is 6.23. The molecule has 0 bridgehead atoms. The summed E-state index contributed by atoms with van der Waals surface area (Å²) < 4.78 is 10.6. The van der Waals surface area contributed by atoms with Crippen LogP contribution in [0.15, 0.2) is 18.2 Å². The van der Waals surface area contributed by atoms with Gasteiger partial charge in [-0.05, 0) is 33.0 Å². The van der Waals surface area contributed by atoms with E-state index < -0.39 is 0 Å². The lowest BCUT2D eigenvalue weighted by atomic mass is 10.1. The smallest absolute Gasteiger partial charge is 0.127 e. The van der Waals surface area contributed by atoms with Crippen LogP contribution in [0.2, 0.25) is 0 Å². The van der Waals surface area contributed by atoms with Crippen molar-refractivity contribution in [1.29, 1.82) is 0 Å². The van der Waals surface area contributed by atoms with Gasteiger partial charge in [-0.15, -0.1) is 0 Å². The zero-order valence-corrected chi connectivity index (χ0v) is 11.8. The number of hydrogen-bond acceptors (Lipinski definition) is 4. The molecule has 0 saturated carbocycles. The molecule has 0 amide bonds. The quantitative estimate of drug-likeness (QED) is 0.805. The van der Waals surface area contributed by atoms with E-state index in [1.807, 2.05) is 18.2 Å². The fourth-order valence-electron chi connectivity index (χ4n) is 1.87. The molecule has 0 aliphatic heterocycles. The van der Waals surface area contributed by atoms with Crippen LogP contribution in [0.3, 0.4) is 0 Å². The summed E-state index contributed by atoms with van der Waals surface area (Å²) in [5.41, 5.74) is 6.74. The third-order valence-electron chi connectivity index (χ3n) is 3.25. The van der Waals surface area contributed by atoms with E-state index in [1.54, 1.807) is 14.2 Å². The molecule has 1 aromatic rings. The molecule has 18 heavy (non-hydrogen) atoms. The van der Waals surface area contributed by atoms with Crippen molar-refractivity contribution < 1.29 is 9.47 Å². The van der Waals surface area contributed by atoms with E-state index in [0.29, 0.717) is 12.6 Å². The molecule has 1 atom stereocenters. The number of benzene rings is 1. The molecule has 4 heteroatoms. The maximum atomic E-state index is 5.59. The molecule has 0 fully saturated rings. The van der Waals surface area contributed by atoms with Crippen LogP contribution < -0.4 is 15.2 Å². The molecule has 4 nitrogen and oxygen atoms in total. The van der Waals surface area contributed by atoms with Crippen molar-refractivity contribution in [3.63, 3.8) is 0 Å². The fraction of sp³-hybridized carbons (Fsp3) is 0.571. The second-order valence-electron chi connectivity index (χ2n) is 4.52. The third-order valence-corrected chi connectivity index (χ3v) is 3.25. The summed E-state index contributed by atoms with van der Waals surface area (Å²) in [4.78, 5) is 2.27. The number of methoxy groups -OCH3 is 2. The van der Waals surface area contributed by atoms with E-state index in [-0.39, 0.29) is 0 Å². The summed E-state index contributed by atoms with van der Waals surface area (Å²) in [6.45, 7) is 3.74. The van der Waals surface area contributed by atoms with Gasteiger partial charge in [0.25, 0.3) is 0 Å². The third kappa shape index (κ3) is 3.89. The van der Waals surface area contributed by atoms with E-state index in [1.165, 1.54) is 0 Å². The predicted octanol–water partition coefficient (Wildman–Crippen LogP) is 1.87. The van der Waals surface area contributed by atoms with Crippen LogP contribution >= 0.6 is 0 Å². The maximum Gasteiger partial charge on any atom is 0.127 e. The molecule has 102 valence electrons. The molecule has 1 unspecified atom stereocenters. The van der Waals surface area contributed by atoms with E-state index in [2.05, 4.69) is 18.9 Å². The average Bonchev–Trinajstić information content (AvgIpc) is 2.39. The van der Waals surface area contributed by atoms with E-state index in [0.717, 1.165) is 30.0 Å². The zero-order valence-electron chi connectivity index (χ0n) is 11.8. The Balaban J connectivity index is 2.77. The van der Waals surface area contributed by atoms with Gasteiger partial charge in [-0.1, -0.05) is 6.07 Å². The van der Waals surface area contributed by atoms with Gasteiger partial charge in [-0.2, -0.15) is 0 Å². The predicted molar refractivity (Wildman–Crippen MR) is 74.1 cm³/mol. The van der Waals surface area contributed by atoms with Gasteiger partial charge in [-0.3, -0.25) is 4.90 Å². The van der Waals surface area contributed by atoms with Crippen molar-refractivity contribution in [2.24, 2.45) is 5.73 Å². The van der Waals surface area contributed by atoms with E-state index in [4.69, 9.17) is 15.2 Å². The Hall–Kier alpha value is -1.26. The Morgan fingerprint density at radius 3 is 2.56 bits per heavy atom. The first kappa shape index (κ1) is 14.8. The topological polar surface area (TPSA) is 47.7 Å². The minimum atomic E-state index is 0.460. The van der Waals surface area contributed by atoms with Crippen molar-refractivity contribution in [3.8, 4) is 11.5 Å². The molecule has 0 saturated heterocycles. The number of hydrogen-bond donors (Lipinski definition) is 1. The molecule has 0 aromatic heterocycles. The van der Waals surface area contributed by atoms with Crippen molar-refractivity contribution >= 4 is 0 Å². The largest absolute Gasteiger partial charge is 0.497 e. The Morgan fingerprint density at radius 2 is 2.00 bits per heavy atom. The summed E-state index contributed by atoms with van der Waals surface area (Å²) >= 11 is 0. The first-order chi connectivity index (χ1) is 8.62. The lowest BCUT2D eigenvalue weighted by Crippen LogP contribution is -2.30. The Labute approximate surface area is 110 Å². The van der Waals surface area contributed by atoms with Gasteiger partial charge < -0.3 is 15.2 Å². The molecule has 1 rings (SSSR count). The highest BCUT2D eigenvalue weighted by Crippen LogP contribution is 2.25. The molecule has 0 radical (unpaired) electrons. The van der Waals surface area contributed by atoms with Gasteiger partial charge in [0.2, 0.25) is 0 Å². The highest BCUT2D eigenvalue weighted by Gasteiger charge is 2.12. The van der Waals surface area contributed by atoms with Gasteiger partial charge in [-0.25, -0.2) is 0 Å². The van der Waals surface area contributed by atoms with Crippen molar-refractivity contribution in [1.82, 2.24) is 4.90 Å². The van der Waals surface area contributed by atoms with Gasteiger partial charge in [0.1, 0.15) is 11.5 Å². The van der Waals surface area contributed by atoms with E-state index >= 15 is 0 Å². The van der Waals surface area contributed by atoms with Crippen LogP contribution in [-0.2, 0) is 6.54 Å². The zero-order chi connectivity index (χ0) is 13.5. The summed E-state index contributed by atoms with van der Waals surface area (Å²) in [6, 6.07) is 6.38. The summed E-state index contributed by atoms with van der Waals surface area (Å²) in [6.07, 6.45) is 0.995. The summed E-state index contributed by atoms with van der Waals surface area (Å²) in [5.74, 6) is 1.68. The number of nitrogens with two attached hydrogens (primary N) is 1. The van der Waals surface area contributed by atoms with Crippen LogP contribution in [0, 0.1) is 0 Å². The standard InChI is InChI=1S/C14H24N2O2/c1-11(7-8-15)16(2)10-12-5-6-13(17-3)9-14(12)18-4/h5-6,9,11H,7-8,10,15H2,1-4H3. The summed E-state index contributed by atoms with van der Waals surface area (Å²) in [5, 5.41) is 0. The molecule has 0 spiro atoms. The summed E-state index contributed by atoms with van der Waals surface area (Å²) in [7, 11) is 5.44. The first-order valence-corrected chi connectivity index (χ1v) is 6.23. The Bertz CT molecular complexity index is 369. The van der Waals surface area contributed by atoms with Gasteiger partial charge in [0, 0.05) is 24.2 Å². The van der Waals surface area contributed by atoms with Crippen molar-refractivity contribution in [2.45, 2.75) is 25.9 Å². The lowest BCUT2D eigenvalue weighted by molar-refractivity contribution is 0.237. The monoisotopic (exact) mass is 252 g/mol. The van der Waals surface area contributed by atoms with E-state index in [9.17, 15) is 0 Å². The highest BCUT2D eigenvalue weighted by atomic mass is 16.5. The second-order valence-corrected chi connectivity index (χ2v) is 4.52. The van der Waals surface area contributed by atoms with Crippen molar-refractivity contribution in [2.75, 3.05) is 27.8 Å². The minimum Gasteiger partial charge on any atom is -0.497 e. The van der Waals surface area contributed by atoms with Crippen molar-refractivity contribution in [3.05, 3.63) is 23.8 Å². The fourth-order valence-corrected chi connectivity index (χ4v) is 1.87.